The Bertz CT molecular complexity index is 1220. The van der Waals surface area contributed by atoms with Gasteiger partial charge in [0.25, 0.3) is 5.91 Å². The maximum Gasteiger partial charge on any atom is 0.573 e. The van der Waals surface area contributed by atoms with Crippen LogP contribution in [-0.4, -0.2) is 48.0 Å². The molecule has 0 bridgehead atoms. The van der Waals surface area contributed by atoms with E-state index in [-0.39, 0.29) is 18.3 Å². The average Bonchev–Trinajstić information content (AvgIpc) is 3.19. The summed E-state index contributed by atoms with van der Waals surface area (Å²) in [5, 5.41) is 4.49. The van der Waals surface area contributed by atoms with Gasteiger partial charge in [-0.2, -0.15) is 4.99 Å². The van der Waals surface area contributed by atoms with Crippen molar-refractivity contribution in [2.75, 3.05) is 20.3 Å². The minimum atomic E-state index is -4.78. The van der Waals surface area contributed by atoms with Crippen molar-refractivity contribution >= 4 is 23.2 Å². The number of halogens is 3. The minimum Gasteiger partial charge on any atom is -0.406 e. The van der Waals surface area contributed by atoms with Gasteiger partial charge in [-0.05, 0) is 55.3 Å². The molecule has 12 heteroatoms. The fourth-order valence-electron chi connectivity index (χ4n) is 3.09. The number of thiazole rings is 1. The number of ether oxygens (including phenoxy) is 2. The van der Waals surface area contributed by atoms with E-state index in [1.54, 1.807) is 29.0 Å². The highest BCUT2D eigenvalue weighted by atomic mass is 32.1. The number of hydrogen-bond acceptors (Lipinski definition) is 6. The number of rotatable bonds is 9. The molecular formula is C23H23F3N4O4S. The number of aryl methyl sites for hydroxylation is 1. The first-order chi connectivity index (χ1) is 16.7. The largest absolute Gasteiger partial charge is 0.573 e. The van der Waals surface area contributed by atoms with E-state index in [1.807, 2.05) is 0 Å². The molecular weight excluding hydrogens is 485 g/mol. The van der Waals surface area contributed by atoms with Crippen LogP contribution in [0.4, 0.5) is 13.2 Å². The van der Waals surface area contributed by atoms with E-state index in [4.69, 9.17) is 4.74 Å². The molecule has 0 aliphatic rings. The van der Waals surface area contributed by atoms with E-state index in [2.05, 4.69) is 20.0 Å². The van der Waals surface area contributed by atoms with Crippen molar-refractivity contribution in [3.05, 3.63) is 64.0 Å². The van der Waals surface area contributed by atoms with Crippen LogP contribution in [0.2, 0.25) is 0 Å². The zero-order chi connectivity index (χ0) is 25.4. The van der Waals surface area contributed by atoms with Gasteiger partial charge in [-0.1, -0.05) is 0 Å². The Hall–Kier alpha value is -3.51. The second kappa shape index (κ2) is 11.8. The predicted molar refractivity (Wildman–Crippen MR) is 123 cm³/mol. The summed E-state index contributed by atoms with van der Waals surface area (Å²) in [4.78, 5) is 33.1. The molecule has 2 amide bonds. The summed E-state index contributed by atoms with van der Waals surface area (Å²) in [6, 6.07) is 8.78. The van der Waals surface area contributed by atoms with Gasteiger partial charge < -0.3 is 19.4 Å². The number of carbonyl (C=O) groups is 2. The van der Waals surface area contributed by atoms with Crippen LogP contribution < -0.4 is 14.9 Å². The molecule has 0 unspecified atom stereocenters. The molecule has 2 aromatic heterocycles. The third-order valence-electron chi connectivity index (χ3n) is 4.69. The van der Waals surface area contributed by atoms with Crippen LogP contribution in [0.25, 0.3) is 11.3 Å². The molecule has 0 fully saturated rings. The molecule has 8 nitrogen and oxygen atoms in total. The Morgan fingerprint density at radius 2 is 1.91 bits per heavy atom. The standard InChI is InChI=1S/C23H23F3N4O4S/c1-15-4-5-17(12-28-15)21(32)29-22-30(11-3-10-27-20(31)13-33-2)19(14-35-22)16-6-8-18(9-7-16)34-23(24,25)26/h4-9,12,14H,3,10-11,13H2,1-2H3,(H,27,31). The maximum absolute atomic E-state index is 12.7. The van der Waals surface area contributed by atoms with Gasteiger partial charge in [-0.25, -0.2) is 0 Å². The number of hydrogen-bond donors (Lipinski definition) is 1. The van der Waals surface area contributed by atoms with Crippen molar-refractivity contribution in [2.24, 2.45) is 4.99 Å². The summed E-state index contributed by atoms with van der Waals surface area (Å²) in [6.45, 7) is 2.51. The van der Waals surface area contributed by atoms with E-state index >= 15 is 0 Å². The smallest absolute Gasteiger partial charge is 0.406 e. The highest BCUT2D eigenvalue weighted by Crippen LogP contribution is 2.27. The van der Waals surface area contributed by atoms with Gasteiger partial charge in [-0.15, -0.1) is 24.5 Å². The Morgan fingerprint density at radius 1 is 1.17 bits per heavy atom. The number of methoxy groups -OCH3 is 1. The van der Waals surface area contributed by atoms with Gasteiger partial charge in [0.15, 0.2) is 4.80 Å². The van der Waals surface area contributed by atoms with E-state index in [1.165, 1.54) is 48.9 Å². The van der Waals surface area contributed by atoms with Gasteiger partial charge in [0, 0.05) is 37.5 Å². The number of aromatic nitrogens is 2. The van der Waals surface area contributed by atoms with Crippen LogP contribution in [-0.2, 0) is 16.1 Å². The molecule has 3 rings (SSSR count). The lowest BCUT2D eigenvalue weighted by molar-refractivity contribution is -0.274. The zero-order valence-electron chi connectivity index (χ0n) is 19.0. The summed E-state index contributed by atoms with van der Waals surface area (Å²) < 4.78 is 47.9. The summed E-state index contributed by atoms with van der Waals surface area (Å²) in [5.74, 6) is -1.06. The minimum absolute atomic E-state index is 0.0527. The molecule has 0 saturated heterocycles. The molecule has 3 aromatic rings. The highest BCUT2D eigenvalue weighted by Gasteiger charge is 2.31. The Kier molecular flexibility index (Phi) is 8.77. The number of nitrogens with one attached hydrogen (secondary N) is 1. The van der Waals surface area contributed by atoms with Crippen molar-refractivity contribution in [1.82, 2.24) is 14.9 Å². The second-order valence-corrected chi connectivity index (χ2v) is 8.21. The van der Waals surface area contributed by atoms with Gasteiger partial charge in [0.1, 0.15) is 12.4 Å². The monoisotopic (exact) mass is 508 g/mol. The molecule has 35 heavy (non-hydrogen) atoms. The van der Waals surface area contributed by atoms with Gasteiger partial charge >= 0.3 is 6.36 Å². The number of amides is 2. The fourth-order valence-corrected chi connectivity index (χ4v) is 4.02. The normalized spacial score (nSPS) is 12.0. The molecule has 1 N–H and O–H groups in total. The van der Waals surface area contributed by atoms with E-state index < -0.39 is 12.3 Å². The van der Waals surface area contributed by atoms with Crippen LogP contribution in [0.5, 0.6) is 5.75 Å². The molecule has 0 aliphatic carbocycles. The summed E-state index contributed by atoms with van der Waals surface area (Å²) in [7, 11) is 1.42. The topological polar surface area (TPSA) is 94.8 Å². The molecule has 0 radical (unpaired) electrons. The van der Waals surface area contributed by atoms with E-state index in [0.717, 1.165) is 5.69 Å². The molecule has 1 aromatic carbocycles. The second-order valence-electron chi connectivity index (χ2n) is 7.37. The highest BCUT2D eigenvalue weighted by molar-refractivity contribution is 7.07. The van der Waals surface area contributed by atoms with E-state index in [9.17, 15) is 22.8 Å². The number of carbonyl (C=O) groups excluding carboxylic acids is 2. The predicted octanol–water partition coefficient (Wildman–Crippen LogP) is 3.71. The first-order valence-corrected chi connectivity index (χ1v) is 11.4. The molecule has 2 heterocycles. The lowest BCUT2D eigenvalue weighted by Crippen LogP contribution is -2.29. The molecule has 0 spiro atoms. The Morgan fingerprint density at radius 3 is 2.54 bits per heavy atom. The first-order valence-electron chi connectivity index (χ1n) is 10.5. The summed E-state index contributed by atoms with van der Waals surface area (Å²) in [5.41, 5.74) is 2.37. The lowest BCUT2D eigenvalue weighted by Gasteiger charge is -2.12. The third kappa shape index (κ3) is 7.76. The van der Waals surface area contributed by atoms with Gasteiger partial charge in [0.2, 0.25) is 5.91 Å². The molecule has 0 saturated carbocycles. The summed E-state index contributed by atoms with van der Waals surface area (Å²) in [6.07, 6.45) is -2.82. The van der Waals surface area contributed by atoms with Crippen LogP contribution >= 0.6 is 11.3 Å². The van der Waals surface area contributed by atoms with Crippen LogP contribution in [0, 0.1) is 6.92 Å². The first kappa shape index (κ1) is 26.1. The van der Waals surface area contributed by atoms with Gasteiger partial charge in [0.05, 0.1) is 11.3 Å². The van der Waals surface area contributed by atoms with E-state index in [0.29, 0.717) is 41.1 Å². The van der Waals surface area contributed by atoms with Crippen molar-refractivity contribution in [3.63, 3.8) is 0 Å². The zero-order valence-corrected chi connectivity index (χ0v) is 19.8. The van der Waals surface area contributed by atoms with Crippen LogP contribution in [0.3, 0.4) is 0 Å². The quantitative estimate of drug-likeness (QED) is 0.445. The molecule has 186 valence electrons. The SMILES string of the molecule is COCC(=O)NCCCn1c(-c2ccc(OC(F)(F)F)cc2)csc1=NC(=O)c1ccc(C)nc1. The maximum atomic E-state index is 12.7. The van der Waals surface area contributed by atoms with Crippen LogP contribution in [0.15, 0.2) is 53.0 Å². The average molecular weight is 509 g/mol. The van der Waals surface area contributed by atoms with Crippen LogP contribution in [0.1, 0.15) is 22.5 Å². The van der Waals surface area contributed by atoms with Crippen molar-refractivity contribution < 1.29 is 32.2 Å². The Balaban J connectivity index is 1.88. The van der Waals surface area contributed by atoms with Crippen molar-refractivity contribution in [1.29, 1.82) is 0 Å². The van der Waals surface area contributed by atoms with Crippen molar-refractivity contribution in [3.8, 4) is 17.0 Å². The number of benzene rings is 1. The fraction of sp³-hybridized carbons (Fsp3) is 0.304. The summed E-state index contributed by atoms with van der Waals surface area (Å²) >= 11 is 1.22. The van der Waals surface area contributed by atoms with Crippen molar-refractivity contribution in [2.45, 2.75) is 26.3 Å². The number of alkyl halides is 3. The molecule has 0 aliphatic heterocycles. The molecule has 0 atom stereocenters. The third-order valence-corrected chi connectivity index (χ3v) is 5.56. The number of nitrogens with zero attached hydrogens (tertiary/aromatic N) is 3. The van der Waals surface area contributed by atoms with Gasteiger partial charge in [-0.3, -0.25) is 14.6 Å². The number of pyridine rings is 1. The Labute approximate surface area is 203 Å². The lowest BCUT2D eigenvalue weighted by atomic mass is 10.1.